The quantitative estimate of drug-likeness (QED) is 0.666. The maximum atomic E-state index is 12.6. The van der Waals surface area contributed by atoms with Gasteiger partial charge in [0, 0.05) is 23.0 Å². The van der Waals surface area contributed by atoms with Gasteiger partial charge in [-0.25, -0.2) is 0 Å². The normalized spacial score (nSPS) is 23.0. The second-order valence-electron chi connectivity index (χ2n) is 7.65. The first-order valence-corrected chi connectivity index (χ1v) is 9.47. The number of nitrogens with one attached hydrogen (secondary N) is 2. The molecule has 1 fully saturated rings. The predicted molar refractivity (Wildman–Crippen MR) is 115 cm³/mol. The van der Waals surface area contributed by atoms with Gasteiger partial charge >= 0.3 is 0 Å². The fraction of sp³-hybridized carbons (Fsp3) is 0.409. The van der Waals surface area contributed by atoms with Crippen LogP contribution in [0.15, 0.2) is 54.6 Å². The molecule has 4 nitrogen and oxygen atoms in total. The summed E-state index contributed by atoms with van der Waals surface area (Å²) >= 11 is 0. The first-order valence-electron chi connectivity index (χ1n) is 9.47. The number of carbonyl (C=O) groups is 1. The minimum absolute atomic E-state index is 0. The summed E-state index contributed by atoms with van der Waals surface area (Å²) < 4.78 is 0. The van der Waals surface area contributed by atoms with Gasteiger partial charge in [0.1, 0.15) is 0 Å². The molecule has 4 N–H and O–H groups in total. The smallest absolute Gasteiger partial charge is 0.229 e. The molecular formula is C22H30ClN3O. The molecule has 3 atom stereocenters. The van der Waals surface area contributed by atoms with Crippen LogP contribution in [0, 0.1) is 5.92 Å². The standard InChI is InChI=1S/C22H29N3O.ClH/c1-16(17-8-4-3-5-9-17)24-18-11-13-19(14-12-18)25-21(26)20-10-6-7-15-22(20,2)23;/h3-5,8-9,11-14,16,20,24H,6-7,10,15,23H2,1-2H3,(H,25,26);1H. The maximum absolute atomic E-state index is 12.6. The lowest BCUT2D eigenvalue weighted by Gasteiger charge is -2.37. The fourth-order valence-electron chi connectivity index (χ4n) is 3.74. The zero-order chi connectivity index (χ0) is 18.6. The topological polar surface area (TPSA) is 67.1 Å². The van der Waals surface area contributed by atoms with Crippen molar-refractivity contribution in [2.75, 3.05) is 10.6 Å². The van der Waals surface area contributed by atoms with Crippen LogP contribution in [0.2, 0.25) is 0 Å². The van der Waals surface area contributed by atoms with E-state index < -0.39 is 5.54 Å². The van der Waals surface area contributed by atoms with E-state index in [4.69, 9.17) is 5.73 Å². The summed E-state index contributed by atoms with van der Waals surface area (Å²) in [6.07, 6.45) is 3.96. The molecule has 0 radical (unpaired) electrons. The molecule has 0 aliphatic heterocycles. The number of hydrogen-bond acceptors (Lipinski definition) is 3. The Morgan fingerprint density at radius 2 is 1.70 bits per heavy atom. The van der Waals surface area contributed by atoms with Crippen LogP contribution in [0.5, 0.6) is 0 Å². The summed E-state index contributed by atoms with van der Waals surface area (Å²) in [6, 6.07) is 18.4. The molecule has 0 saturated heterocycles. The van der Waals surface area contributed by atoms with Gasteiger partial charge in [-0.15, -0.1) is 12.4 Å². The number of carbonyl (C=O) groups excluding carboxylic acids is 1. The van der Waals surface area contributed by atoms with Crippen molar-refractivity contribution in [1.29, 1.82) is 0 Å². The van der Waals surface area contributed by atoms with Crippen molar-refractivity contribution in [2.24, 2.45) is 11.7 Å². The summed E-state index contributed by atoms with van der Waals surface area (Å²) in [6.45, 7) is 4.13. The molecule has 1 aliphatic carbocycles. The molecule has 0 bridgehead atoms. The maximum Gasteiger partial charge on any atom is 0.229 e. The molecule has 1 saturated carbocycles. The van der Waals surface area contributed by atoms with Gasteiger partial charge in [0.15, 0.2) is 0 Å². The van der Waals surface area contributed by atoms with Crippen molar-refractivity contribution in [3.8, 4) is 0 Å². The van der Waals surface area contributed by atoms with E-state index in [2.05, 4.69) is 29.7 Å². The van der Waals surface area contributed by atoms with E-state index >= 15 is 0 Å². The number of amides is 1. The Morgan fingerprint density at radius 1 is 1.07 bits per heavy atom. The predicted octanol–water partition coefficient (Wildman–Crippen LogP) is 5.13. The molecule has 0 heterocycles. The zero-order valence-corrected chi connectivity index (χ0v) is 16.9. The van der Waals surface area contributed by atoms with E-state index in [0.717, 1.165) is 37.1 Å². The Kier molecular flexibility index (Phi) is 7.28. The monoisotopic (exact) mass is 387 g/mol. The van der Waals surface area contributed by atoms with E-state index in [1.165, 1.54) is 5.56 Å². The lowest BCUT2D eigenvalue weighted by molar-refractivity contribution is -0.122. The van der Waals surface area contributed by atoms with E-state index in [-0.39, 0.29) is 30.3 Å². The lowest BCUT2D eigenvalue weighted by atomic mass is 9.74. The molecule has 3 rings (SSSR count). The number of rotatable bonds is 5. The Morgan fingerprint density at radius 3 is 2.33 bits per heavy atom. The van der Waals surface area contributed by atoms with E-state index in [9.17, 15) is 4.79 Å². The highest BCUT2D eigenvalue weighted by atomic mass is 35.5. The number of hydrogen-bond donors (Lipinski definition) is 3. The van der Waals surface area contributed by atoms with Crippen LogP contribution in [0.25, 0.3) is 0 Å². The molecule has 146 valence electrons. The molecule has 0 aromatic heterocycles. The van der Waals surface area contributed by atoms with Gasteiger partial charge in [0.2, 0.25) is 5.91 Å². The van der Waals surface area contributed by atoms with E-state index in [0.29, 0.717) is 0 Å². The molecule has 0 spiro atoms. The second-order valence-corrected chi connectivity index (χ2v) is 7.65. The Hall–Kier alpha value is -2.04. The Labute approximate surface area is 168 Å². The number of benzene rings is 2. The van der Waals surface area contributed by atoms with Crippen LogP contribution in [-0.4, -0.2) is 11.4 Å². The largest absolute Gasteiger partial charge is 0.379 e. The van der Waals surface area contributed by atoms with Crippen molar-refractivity contribution in [2.45, 2.75) is 51.1 Å². The molecule has 1 amide bonds. The van der Waals surface area contributed by atoms with Crippen LogP contribution >= 0.6 is 12.4 Å². The minimum atomic E-state index is -0.408. The molecule has 2 aromatic rings. The van der Waals surface area contributed by atoms with Gasteiger partial charge in [-0.05, 0) is 56.5 Å². The first-order chi connectivity index (χ1) is 12.5. The van der Waals surface area contributed by atoms with Crippen molar-refractivity contribution < 1.29 is 4.79 Å². The van der Waals surface area contributed by atoms with E-state index in [1.54, 1.807) is 0 Å². The Balaban J connectivity index is 0.00000261. The average Bonchev–Trinajstić information content (AvgIpc) is 2.63. The third-order valence-electron chi connectivity index (χ3n) is 5.41. The molecule has 3 unspecified atom stereocenters. The first kappa shape index (κ1) is 21.3. The molecule has 5 heteroatoms. The summed E-state index contributed by atoms with van der Waals surface area (Å²) in [5, 5.41) is 6.52. The van der Waals surface area contributed by atoms with Crippen LogP contribution in [0.3, 0.4) is 0 Å². The van der Waals surface area contributed by atoms with Crippen LogP contribution in [0.4, 0.5) is 11.4 Å². The minimum Gasteiger partial charge on any atom is -0.379 e. The van der Waals surface area contributed by atoms with Gasteiger partial charge in [0.05, 0.1) is 5.92 Å². The van der Waals surface area contributed by atoms with Crippen molar-refractivity contribution in [3.05, 3.63) is 60.2 Å². The van der Waals surface area contributed by atoms with Crippen molar-refractivity contribution in [3.63, 3.8) is 0 Å². The number of nitrogens with two attached hydrogens (primary N) is 1. The molecule has 1 aliphatic rings. The second kappa shape index (κ2) is 9.25. The van der Waals surface area contributed by atoms with Gasteiger partial charge in [-0.3, -0.25) is 4.79 Å². The van der Waals surface area contributed by atoms with E-state index in [1.807, 2.05) is 49.4 Å². The van der Waals surface area contributed by atoms with Gasteiger partial charge in [-0.2, -0.15) is 0 Å². The third kappa shape index (κ3) is 5.47. The molecule has 2 aromatic carbocycles. The van der Waals surface area contributed by atoms with Crippen molar-refractivity contribution >= 4 is 29.7 Å². The summed E-state index contributed by atoms with van der Waals surface area (Å²) in [5.74, 6) is -0.0831. The van der Waals surface area contributed by atoms with Gasteiger partial charge < -0.3 is 16.4 Å². The van der Waals surface area contributed by atoms with Crippen molar-refractivity contribution in [1.82, 2.24) is 0 Å². The Bertz CT molecular complexity index is 731. The highest BCUT2D eigenvalue weighted by Crippen LogP contribution is 2.32. The number of anilines is 2. The van der Waals surface area contributed by atoms with Crippen LogP contribution in [0.1, 0.15) is 51.1 Å². The highest BCUT2D eigenvalue weighted by molar-refractivity contribution is 5.93. The third-order valence-corrected chi connectivity index (χ3v) is 5.41. The summed E-state index contributed by atoms with van der Waals surface area (Å²) in [7, 11) is 0. The fourth-order valence-corrected chi connectivity index (χ4v) is 3.74. The lowest BCUT2D eigenvalue weighted by Crippen LogP contribution is -2.51. The van der Waals surface area contributed by atoms with Crippen LogP contribution in [-0.2, 0) is 4.79 Å². The average molecular weight is 388 g/mol. The highest BCUT2D eigenvalue weighted by Gasteiger charge is 2.37. The SMILES string of the molecule is CC(Nc1ccc(NC(=O)C2CCCCC2(C)N)cc1)c1ccccc1.Cl. The molecule has 27 heavy (non-hydrogen) atoms. The van der Waals surface area contributed by atoms with Gasteiger partial charge in [0.25, 0.3) is 0 Å². The summed E-state index contributed by atoms with van der Waals surface area (Å²) in [5.41, 5.74) is 9.01. The summed E-state index contributed by atoms with van der Waals surface area (Å²) in [4.78, 5) is 12.6. The zero-order valence-electron chi connectivity index (χ0n) is 16.1. The van der Waals surface area contributed by atoms with Gasteiger partial charge in [-0.1, -0.05) is 43.2 Å². The van der Waals surface area contributed by atoms with Crippen LogP contribution < -0.4 is 16.4 Å². The number of halogens is 1. The molecular weight excluding hydrogens is 358 g/mol.